The van der Waals surface area contributed by atoms with Crippen molar-refractivity contribution in [3.63, 3.8) is 0 Å². The van der Waals surface area contributed by atoms with Gasteiger partial charge in [0.1, 0.15) is 23.6 Å². The molecule has 1 aliphatic rings. The maximum Gasteiger partial charge on any atom is 0.341 e. The van der Waals surface area contributed by atoms with Crippen molar-refractivity contribution in [3.05, 3.63) is 23.2 Å². The van der Waals surface area contributed by atoms with E-state index in [9.17, 15) is 4.79 Å². The molecule has 0 saturated carbocycles. The number of carbonyl (C=O) groups excluding carboxylic acids is 1. The molecule has 22 heavy (non-hydrogen) atoms. The Labute approximate surface area is 148 Å². The number of halogens is 1. The van der Waals surface area contributed by atoms with Crippen LogP contribution in [0.2, 0.25) is 0 Å². The lowest BCUT2D eigenvalue weighted by molar-refractivity contribution is 0.0599. The molecule has 1 unspecified atom stereocenters. The number of furan rings is 1. The fraction of sp³-hybridized carbons (Fsp3) is 0.600. The van der Waals surface area contributed by atoms with Gasteiger partial charge in [0.15, 0.2) is 5.96 Å². The Bertz CT molecular complexity index is 542. The minimum atomic E-state index is -0.399. The van der Waals surface area contributed by atoms with E-state index in [0.717, 1.165) is 19.5 Å². The second-order valence-corrected chi connectivity index (χ2v) is 5.54. The van der Waals surface area contributed by atoms with Crippen LogP contribution in [0.4, 0.5) is 0 Å². The van der Waals surface area contributed by atoms with E-state index in [-0.39, 0.29) is 24.0 Å². The average Bonchev–Trinajstić information content (AvgIpc) is 2.85. The van der Waals surface area contributed by atoms with E-state index in [1.807, 2.05) is 0 Å². The van der Waals surface area contributed by atoms with Gasteiger partial charge in [0.05, 0.1) is 7.11 Å². The highest BCUT2D eigenvalue weighted by atomic mass is 127. The molecule has 0 spiro atoms. The van der Waals surface area contributed by atoms with Crippen molar-refractivity contribution in [3.8, 4) is 0 Å². The molecule has 2 N–H and O–H groups in total. The van der Waals surface area contributed by atoms with Gasteiger partial charge in [0.2, 0.25) is 0 Å². The number of carbonyl (C=O) groups is 1. The average molecular weight is 421 g/mol. The molecule has 1 atom stereocenters. The Kier molecular flexibility index (Phi) is 7.18. The van der Waals surface area contributed by atoms with E-state index in [1.54, 1.807) is 13.0 Å². The minimum Gasteiger partial charge on any atom is -0.465 e. The standard InChI is InChI=1S/C15H23N3O3.HI/c1-10-5-4-6-18(9-10)15(16)17-8-12-7-13(11(2)21-12)14(19)20-3;/h7,10H,4-6,8-9H2,1-3H3,(H2,16,17);1H. The summed E-state index contributed by atoms with van der Waals surface area (Å²) in [7, 11) is 1.35. The van der Waals surface area contributed by atoms with Crippen molar-refractivity contribution < 1.29 is 13.9 Å². The predicted octanol–water partition coefficient (Wildman–Crippen LogP) is 2.54. The fourth-order valence-electron chi connectivity index (χ4n) is 2.59. The molecule has 0 bridgehead atoms. The van der Waals surface area contributed by atoms with Crippen molar-refractivity contribution in [2.45, 2.75) is 33.2 Å². The number of hydrogen-bond acceptors (Lipinski definition) is 4. The van der Waals surface area contributed by atoms with Gasteiger partial charge in [0.25, 0.3) is 0 Å². The molecule has 1 fully saturated rings. The summed E-state index contributed by atoms with van der Waals surface area (Å²) in [6.07, 6.45) is 2.38. The van der Waals surface area contributed by atoms with Gasteiger partial charge >= 0.3 is 5.97 Å². The van der Waals surface area contributed by atoms with Gasteiger partial charge < -0.3 is 19.8 Å². The summed E-state index contributed by atoms with van der Waals surface area (Å²) in [6.45, 7) is 6.17. The van der Waals surface area contributed by atoms with E-state index < -0.39 is 5.97 Å². The molecule has 1 aromatic heterocycles. The second kappa shape index (κ2) is 8.40. The first-order valence-electron chi connectivity index (χ1n) is 7.23. The normalized spacial score (nSPS) is 18.8. The van der Waals surface area contributed by atoms with Crippen LogP contribution in [0.3, 0.4) is 0 Å². The highest BCUT2D eigenvalue weighted by Gasteiger charge is 2.18. The van der Waals surface area contributed by atoms with Crippen LogP contribution in [0.5, 0.6) is 0 Å². The highest BCUT2D eigenvalue weighted by Crippen LogP contribution is 2.17. The summed E-state index contributed by atoms with van der Waals surface area (Å²) in [5.41, 5.74) is 6.47. The van der Waals surface area contributed by atoms with Gasteiger partial charge in [-0.2, -0.15) is 0 Å². The number of rotatable bonds is 3. The Morgan fingerprint density at radius 1 is 1.59 bits per heavy atom. The van der Waals surface area contributed by atoms with Crippen molar-refractivity contribution in [1.29, 1.82) is 0 Å². The number of piperidine rings is 1. The number of aryl methyl sites for hydroxylation is 1. The van der Waals surface area contributed by atoms with E-state index in [4.69, 9.17) is 14.9 Å². The topological polar surface area (TPSA) is 81.1 Å². The van der Waals surface area contributed by atoms with Gasteiger partial charge in [-0.25, -0.2) is 9.79 Å². The van der Waals surface area contributed by atoms with Crippen LogP contribution in [0.25, 0.3) is 0 Å². The summed E-state index contributed by atoms with van der Waals surface area (Å²) in [5.74, 6) is 1.93. The molecule has 0 amide bonds. The smallest absolute Gasteiger partial charge is 0.341 e. The van der Waals surface area contributed by atoms with Gasteiger partial charge in [0, 0.05) is 13.1 Å². The highest BCUT2D eigenvalue weighted by molar-refractivity contribution is 14.0. The van der Waals surface area contributed by atoms with Crippen LogP contribution < -0.4 is 5.73 Å². The second-order valence-electron chi connectivity index (χ2n) is 5.54. The monoisotopic (exact) mass is 421 g/mol. The quantitative estimate of drug-likeness (QED) is 0.351. The summed E-state index contributed by atoms with van der Waals surface area (Å²) < 4.78 is 10.2. The number of guanidine groups is 1. The van der Waals surface area contributed by atoms with Gasteiger partial charge in [-0.1, -0.05) is 6.92 Å². The zero-order valence-electron chi connectivity index (χ0n) is 13.3. The van der Waals surface area contributed by atoms with Gasteiger partial charge in [-0.3, -0.25) is 0 Å². The molecule has 7 heteroatoms. The van der Waals surface area contributed by atoms with Crippen LogP contribution in [-0.2, 0) is 11.3 Å². The summed E-state index contributed by atoms with van der Waals surface area (Å²) in [5, 5.41) is 0. The zero-order valence-corrected chi connectivity index (χ0v) is 15.6. The Morgan fingerprint density at radius 3 is 2.95 bits per heavy atom. The van der Waals surface area contributed by atoms with Crippen LogP contribution >= 0.6 is 24.0 Å². The molecule has 2 heterocycles. The maximum absolute atomic E-state index is 11.5. The number of hydrogen-bond donors (Lipinski definition) is 1. The lowest BCUT2D eigenvalue weighted by Crippen LogP contribution is -2.43. The molecule has 124 valence electrons. The van der Waals surface area contributed by atoms with Crippen molar-refractivity contribution in [1.82, 2.24) is 4.90 Å². The minimum absolute atomic E-state index is 0. The fourth-order valence-corrected chi connectivity index (χ4v) is 2.59. The van der Waals surface area contributed by atoms with Gasteiger partial charge in [-0.15, -0.1) is 24.0 Å². The van der Waals surface area contributed by atoms with Crippen LogP contribution in [0, 0.1) is 12.8 Å². The molecule has 0 aromatic carbocycles. The number of methoxy groups -OCH3 is 1. The lowest BCUT2D eigenvalue weighted by Gasteiger charge is -2.31. The molecule has 6 nitrogen and oxygen atoms in total. The first kappa shape index (κ1) is 18.8. The largest absolute Gasteiger partial charge is 0.465 e. The third-order valence-electron chi connectivity index (χ3n) is 3.75. The third-order valence-corrected chi connectivity index (χ3v) is 3.75. The lowest BCUT2D eigenvalue weighted by atomic mass is 10.0. The number of nitrogens with zero attached hydrogens (tertiary/aromatic N) is 2. The number of aliphatic imine (C=N–C) groups is 1. The van der Waals surface area contributed by atoms with Crippen LogP contribution in [0.15, 0.2) is 15.5 Å². The molecule has 1 aromatic rings. The molecule has 2 rings (SSSR count). The Morgan fingerprint density at radius 2 is 2.32 bits per heavy atom. The molecule has 0 aliphatic carbocycles. The third kappa shape index (κ3) is 4.62. The van der Waals surface area contributed by atoms with Gasteiger partial charge in [-0.05, 0) is 31.7 Å². The van der Waals surface area contributed by atoms with Crippen LogP contribution in [-0.4, -0.2) is 37.0 Å². The molecule has 1 saturated heterocycles. The first-order chi connectivity index (χ1) is 10.0. The number of nitrogens with two attached hydrogens (primary N) is 1. The van der Waals surface area contributed by atoms with E-state index in [2.05, 4.69) is 16.8 Å². The Hall–Kier alpha value is -1.25. The first-order valence-corrected chi connectivity index (χ1v) is 7.23. The number of ether oxygens (including phenoxy) is 1. The molecule has 0 radical (unpaired) electrons. The van der Waals surface area contributed by atoms with Crippen molar-refractivity contribution in [2.24, 2.45) is 16.6 Å². The van der Waals surface area contributed by atoms with E-state index >= 15 is 0 Å². The summed E-state index contributed by atoms with van der Waals surface area (Å²) in [4.78, 5) is 18.0. The van der Waals surface area contributed by atoms with E-state index in [0.29, 0.717) is 35.5 Å². The maximum atomic E-state index is 11.5. The summed E-state index contributed by atoms with van der Waals surface area (Å²) in [6, 6.07) is 1.66. The summed E-state index contributed by atoms with van der Waals surface area (Å²) >= 11 is 0. The zero-order chi connectivity index (χ0) is 15.4. The van der Waals surface area contributed by atoms with Crippen LogP contribution in [0.1, 0.15) is 41.6 Å². The predicted molar refractivity (Wildman–Crippen MR) is 95.5 cm³/mol. The van der Waals surface area contributed by atoms with Crippen molar-refractivity contribution in [2.75, 3.05) is 20.2 Å². The van der Waals surface area contributed by atoms with Crippen molar-refractivity contribution >= 4 is 35.9 Å². The number of esters is 1. The number of likely N-dealkylation sites (tertiary alicyclic amines) is 1. The van der Waals surface area contributed by atoms with E-state index in [1.165, 1.54) is 13.5 Å². The molecule has 1 aliphatic heterocycles. The SMILES string of the molecule is COC(=O)c1cc(CN=C(N)N2CCCC(C)C2)oc1C.I. The molecular weight excluding hydrogens is 397 g/mol. The molecular formula is C15H24IN3O3. The Balaban J connectivity index is 0.00000242.